The summed E-state index contributed by atoms with van der Waals surface area (Å²) >= 11 is 5.06. The molecule has 24 heavy (non-hydrogen) atoms. The van der Waals surface area contributed by atoms with Gasteiger partial charge >= 0.3 is 6.01 Å². The molecule has 1 aromatic heterocycles. The number of hydrogen-bond acceptors (Lipinski definition) is 5. The van der Waals surface area contributed by atoms with Crippen LogP contribution in [0.3, 0.4) is 0 Å². The molecular formula is C17H19BrFN3OS. The fourth-order valence-corrected chi connectivity index (χ4v) is 4.83. The van der Waals surface area contributed by atoms with Gasteiger partial charge < -0.3 is 4.74 Å². The van der Waals surface area contributed by atoms with E-state index >= 15 is 0 Å². The topological polar surface area (TPSA) is 38.2 Å². The zero-order chi connectivity index (χ0) is 16.7. The molecule has 0 saturated carbocycles. The number of alkyl halides is 1. The fraction of sp³-hybridized carbons (Fsp3) is 0.529. The predicted molar refractivity (Wildman–Crippen MR) is 97.6 cm³/mol. The standard InChI is InChI=1S/C17H19BrFN3OS/c1-24-15-13-4-3-11(18)7-14(13)20-16(21-15)23-10-17-5-2-6-22(17)9-12(19)8-17/h3-4,7,12H,2,5-6,8-10H2,1H3/t12-,17+/m1/s1. The van der Waals surface area contributed by atoms with E-state index in [0.717, 1.165) is 39.8 Å². The van der Waals surface area contributed by atoms with E-state index in [-0.39, 0.29) is 5.54 Å². The number of fused-ring (bicyclic) bond motifs is 2. The Labute approximate surface area is 153 Å². The van der Waals surface area contributed by atoms with Gasteiger partial charge in [-0.05, 0) is 43.8 Å². The van der Waals surface area contributed by atoms with Crippen molar-refractivity contribution in [3.63, 3.8) is 0 Å². The minimum atomic E-state index is -0.746. The second-order valence-electron chi connectivity index (χ2n) is 6.54. The van der Waals surface area contributed by atoms with E-state index in [1.54, 1.807) is 11.8 Å². The number of nitrogens with zero attached hydrogens (tertiary/aromatic N) is 3. The van der Waals surface area contributed by atoms with Crippen molar-refractivity contribution in [3.05, 3.63) is 22.7 Å². The molecule has 0 unspecified atom stereocenters. The summed E-state index contributed by atoms with van der Waals surface area (Å²) in [5.74, 6) is 0. The summed E-state index contributed by atoms with van der Waals surface area (Å²) in [6.45, 7) is 1.96. The summed E-state index contributed by atoms with van der Waals surface area (Å²) in [6.07, 6.45) is 3.90. The monoisotopic (exact) mass is 411 g/mol. The van der Waals surface area contributed by atoms with E-state index in [1.165, 1.54) is 0 Å². The first kappa shape index (κ1) is 16.5. The molecule has 128 valence electrons. The zero-order valence-electron chi connectivity index (χ0n) is 13.5. The zero-order valence-corrected chi connectivity index (χ0v) is 15.9. The van der Waals surface area contributed by atoms with Crippen LogP contribution in [0.4, 0.5) is 4.39 Å². The van der Waals surface area contributed by atoms with E-state index in [4.69, 9.17) is 4.74 Å². The van der Waals surface area contributed by atoms with Crippen LogP contribution in [0.5, 0.6) is 6.01 Å². The fourth-order valence-electron chi connectivity index (χ4n) is 3.92. The van der Waals surface area contributed by atoms with Crippen LogP contribution >= 0.6 is 27.7 Å². The molecule has 2 saturated heterocycles. The van der Waals surface area contributed by atoms with Crippen LogP contribution in [0.1, 0.15) is 19.3 Å². The van der Waals surface area contributed by atoms with E-state index < -0.39 is 6.17 Å². The van der Waals surface area contributed by atoms with Crippen molar-refractivity contribution in [2.75, 3.05) is 26.0 Å². The Bertz CT molecular complexity index is 777. The average molecular weight is 412 g/mol. The first-order valence-electron chi connectivity index (χ1n) is 8.13. The first-order chi connectivity index (χ1) is 11.6. The number of benzene rings is 1. The maximum Gasteiger partial charge on any atom is 0.318 e. The Balaban J connectivity index is 1.60. The lowest BCUT2D eigenvalue weighted by Crippen LogP contribution is -2.43. The summed E-state index contributed by atoms with van der Waals surface area (Å²) in [7, 11) is 0. The number of rotatable bonds is 4. The Morgan fingerprint density at radius 1 is 1.46 bits per heavy atom. The van der Waals surface area contributed by atoms with Gasteiger partial charge in [-0.15, -0.1) is 11.8 Å². The second kappa shape index (κ2) is 6.42. The third kappa shape index (κ3) is 2.91. The number of thioether (sulfide) groups is 1. The minimum absolute atomic E-state index is 0.172. The van der Waals surface area contributed by atoms with Gasteiger partial charge in [-0.25, -0.2) is 4.39 Å². The van der Waals surface area contributed by atoms with Crippen molar-refractivity contribution < 1.29 is 9.13 Å². The normalized spacial score (nSPS) is 26.9. The molecule has 0 spiro atoms. The third-order valence-electron chi connectivity index (χ3n) is 5.03. The van der Waals surface area contributed by atoms with Crippen molar-refractivity contribution in [2.45, 2.75) is 36.0 Å². The maximum atomic E-state index is 13.9. The van der Waals surface area contributed by atoms with Gasteiger partial charge in [0.25, 0.3) is 0 Å². The lowest BCUT2D eigenvalue weighted by atomic mass is 9.95. The van der Waals surface area contributed by atoms with Crippen LogP contribution in [0.25, 0.3) is 10.9 Å². The van der Waals surface area contributed by atoms with Crippen LogP contribution in [0.2, 0.25) is 0 Å². The molecule has 4 nitrogen and oxygen atoms in total. The Morgan fingerprint density at radius 2 is 2.33 bits per heavy atom. The van der Waals surface area contributed by atoms with Crippen LogP contribution in [0, 0.1) is 0 Å². The van der Waals surface area contributed by atoms with Crippen LogP contribution < -0.4 is 4.74 Å². The van der Waals surface area contributed by atoms with Crippen molar-refractivity contribution >= 4 is 38.6 Å². The number of aromatic nitrogens is 2. The van der Waals surface area contributed by atoms with Crippen molar-refractivity contribution in [3.8, 4) is 6.01 Å². The molecule has 0 amide bonds. The quantitative estimate of drug-likeness (QED) is 0.559. The third-order valence-corrected chi connectivity index (χ3v) is 6.22. The molecule has 2 atom stereocenters. The van der Waals surface area contributed by atoms with Crippen LogP contribution in [-0.2, 0) is 0 Å². The van der Waals surface area contributed by atoms with Gasteiger partial charge in [0.05, 0.1) is 11.1 Å². The summed E-state index contributed by atoms with van der Waals surface area (Å²) in [6, 6.07) is 6.35. The highest BCUT2D eigenvalue weighted by atomic mass is 79.9. The average Bonchev–Trinajstić information content (AvgIpc) is 3.07. The van der Waals surface area contributed by atoms with Crippen LogP contribution in [-0.4, -0.2) is 52.5 Å². The molecule has 7 heteroatoms. The van der Waals surface area contributed by atoms with E-state index in [1.807, 2.05) is 24.5 Å². The molecule has 3 heterocycles. The van der Waals surface area contributed by atoms with Crippen LogP contribution in [0.15, 0.2) is 27.7 Å². The lowest BCUT2D eigenvalue weighted by molar-refractivity contribution is 0.107. The first-order valence-corrected chi connectivity index (χ1v) is 10.1. The molecule has 4 rings (SSSR count). The summed E-state index contributed by atoms with van der Waals surface area (Å²) in [4.78, 5) is 11.3. The predicted octanol–water partition coefficient (Wildman–Crippen LogP) is 4.07. The molecule has 2 fully saturated rings. The number of hydrogen-bond donors (Lipinski definition) is 0. The second-order valence-corrected chi connectivity index (χ2v) is 8.25. The van der Waals surface area contributed by atoms with Gasteiger partial charge in [0, 0.05) is 22.8 Å². The highest BCUT2D eigenvalue weighted by molar-refractivity contribution is 9.10. The maximum absolute atomic E-state index is 13.9. The highest BCUT2D eigenvalue weighted by Crippen LogP contribution is 2.40. The summed E-state index contributed by atoms with van der Waals surface area (Å²) in [5, 5.41) is 1.92. The van der Waals surface area contributed by atoms with Gasteiger partial charge in [0.15, 0.2) is 0 Å². The van der Waals surface area contributed by atoms with Gasteiger partial charge in [0.1, 0.15) is 17.8 Å². The molecule has 0 bridgehead atoms. The Kier molecular flexibility index (Phi) is 4.43. The van der Waals surface area contributed by atoms with Crippen molar-refractivity contribution in [2.24, 2.45) is 0 Å². The Morgan fingerprint density at radius 3 is 3.17 bits per heavy atom. The molecule has 1 aromatic carbocycles. The molecule has 0 radical (unpaired) electrons. The van der Waals surface area contributed by atoms with E-state index in [0.29, 0.717) is 25.6 Å². The molecule has 0 N–H and O–H groups in total. The van der Waals surface area contributed by atoms with Gasteiger partial charge in [-0.3, -0.25) is 4.90 Å². The lowest BCUT2D eigenvalue weighted by Gasteiger charge is -2.30. The smallest absolute Gasteiger partial charge is 0.318 e. The van der Waals surface area contributed by atoms with Gasteiger partial charge in [0.2, 0.25) is 0 Å². The summed E-state index contributed by atoms with van der Waals surface area (Å²) < 4.78 is 20.8. The number of ether oxygens (including phenoxy) is 1. The molecule has 2 aliphatic heterocycles. The summed E-state index contributed by atoms with van der Waals surface area (Å²) in [5.41, 5.74) is 0.684. The Hall–Kier alpha value is -0.920. The van der Waals surface area contributed by atoms with Gasteiger partial charge in [-0.2, -0.15) is 9.97 Å². The van der Waals surface area contributed by atoms with E-state index in [2.05, 4.69) is 30.8 Å². The molecular weight excluding hydrogens is 393 g/mol. The molecule has 0 aliphatic carbocycles. The SMILES string of the molecule is CSc1nc(OC[C@@]23CCCN2C[C@H](F)C3)nc2cc(Br)ccc12. The number of halogens is 2. The highest BCUT2D eigenvalue weighted by Gasteiger charge is 2.49. The van der Waals surface area contributed by atoms with Gasteiger partial charge in [-0.1, -0.05) is 15.9 Å². The van der Waals surface area contributed by atoms with Crippen molar-refractivity contribution in [1.82, 2.24) is 14.9 Å². The van der Waals surface area contributed by atoms with Crippen molar-refractivity contribution in [1.29, 1.82) is 0 Å². The molecule has 2 aliphatic rings. The molecule has 2 aromatic rings. The largest absolute Gasteiger partial charge is 0.461 e. The minimum Gasteiger partial charge on any atom is -0.461 e. The van der Waals surface area contributed by atoms with E-state index in [9.17, 15) is 4.39 Å².